The lowest BCUT2D eigenvalue weighted by Crippen LogP contribution is -2.41. The van der Waals surface area contributed by atoms with Crippen LogP contribution in [0.5, 0.6) is 0 Å². The highest BCUT2D eigenvalue weighted by atomic mass is 32.1. The minimum absolute atomic E-state index is 0.0230. The van der Waals surface area contributed by atoms with Crippen LogP contribution in [0.2, 0.25) is 0 Å². The van der Waals surface area contributed by atoms with Gasteiger partial charge >= 0.3 is 0 Å². The van der Waals surface area contributed by atoms with E-state index in [-0.39, 0.29) is 12.5 Å². The molecule has 1 amide bonds. The summed E-state index contributed by atoms with van der Waals surface area (Å²) in [6, 6.07) is 5.71. The van der Waals surface area contributed by atoms with E-state index in [1.807, 2.05) is 48.2 Å². The highest BCUT2D eigenvalue weighted by Gasteiger charge is 2.33. The number of carbonyl (C=O) groups excluding carboxylic acids is 1. The summed E-state index contributed by atoms with van der Waals surface area (Å²) in [5.41, 5.74) is -0.310. The van der Waals surface area contributed by atoms with Gasteiger partial charge in [-0.25, -0.2) is 0 Å². The fourth-order valence-corrected chi connectivity index (χ4v) is 3.58. The number of hydrogen-bond acceptors (Lipinski definition) is 4. The molecule has 0 bridgehead atoms. The number of aliphatic hydroxyl groups is 1. The van der Waals surface area contributed by atoms with Crippen molar-refractivity contribution in [3.8, 4) is 0 Å². The summed E-state index contributed by atoms with van der Waals surface area (Å²) in [5.74, 6) is 0.288. The molecule has 2 heterocycles. The van der Waals surface area contributed by atoms with Crippen LogP contribution in [-0.4, -0.2) is 17.6 Å². The summed E-state index contributed by atoms with van der Waals surface area (Å²) in [5, 5.41) is 19.7. The lowest BCUT2D eigenvalue weighted by molar-refractivity contribution is -0.122. The van der Waals surface area contributed by atoms with Gasteiger partial charge in [-0.3, -0.25) is 4.79 Å². The Morgan fingerprint density at radius 3 is 2.75 bits per heavy atom. The number of amides is 1. The Morgan fingerprint density at radius 1 is 1.40 bits per heavy atom. The molecule has 0 aliphatic rings. The zero-order chi connectivity index (χ0) is 14.6. The fourth-order valence-electron chi connectivity index (χ4n) is 2.01. The first-order valence-electron chi connectivity index (χ1n) is 6.58. The van der Waals surface area contributed by atoms with Crippen LogP contribution in [0, 0.1) is 5.92 Å². The number of carbonyl (C=O) groups is 1. The fraction of sp³-hybridized carbons (Fsp3) is 0.400. The Bertz CT molecular complexity index is 498. The van der Waals surface area contributed by atoms with Crippen molar-refractivity contribution in [2.24, 2.45) is 5.92 Å². The summed E-state index contributed by atoms with van der Waals surface area (Å²) in [6.45, 7) is 4.21. The van der Waals surface area contributed by atoms with Crippen molar-refractivity contribution in [2.45, 2.75) is 25.9 Å². The molecule has 1 unspecified atom stereocenters. The van der Waals surface area contributed by atoms with Gasteiger partial charge in [-0.15, -0.1) is 11.3 Å². The van der Waals surface area contributed by atoms with Crippen molar-refractivity contribution in [1.82, 2.24) is 5.32 Å². The molecule has 2 aromatic heterocycles. The molecule has 0 fully saturated rings. The van der Waals surface area contributed by atoms with Crippen LogP contribution in [-0.2, 0) is 10.4 Å². The molecule has 20 heavy (non-hydrogen) atoms. The predicted molar refractivity (Wildman–Crippen MR) is 84.1 cm³/mol. The first kappa shape index (κ1) is 15.2. The minimum Gasteiger partial charge on any atom is -0.378 e. The molecular weight excluding hydrogens is 290 g/mol. The summed E-state index contributed by atoms with van der Waals surface area (Å²) >= 11 is 3.04. The van der Waals surface area contributed by atoms with Crippen molar-refractivity contribution in [3.63, 3.8) is 0 Å². The topological polar surface area (TPSA) is 49.3 Å². The van der Waals surface area contributed by atoms with E-state index in [0.29, 0.717) is 12.3 Å². The summed E-state index contributed by atoms with van der Waals surface area (Å²) in [6.07, 6.45) is 0.476. The normalized spacial score (nSPS) is 14.2. The molecule has 1 atom stereocenters. The molecule has 0 saturated heterocycles. The Morgan fingerprint density at radius 2 is 2.20 bits per heavy atom. The Hall–Kier alpha value is -1.17. The average molecular weight is 309 g/mol. The smallest absolute Gasteiger partial charge is 0.220 e. The second-order valence-electron chi connectivity index (χ2n) is 5.22. The number of nitrogens with one attached hydrogen (secondary N) is 1. The van der Waals surface area contributed by atoms with Crippen molar-refractivity contribution in [2.75, 3.05) is 6.54 Å². The molecular formula is C15H19NO2S2. The highest BCUT2D eigenvalue weighted by molar-refractivity contribution is 7.10. The maximum Gasteiger partial charge on any atom is 0.220 e. The van der Waals surface area contributed by atoms with Gasteiger partial charge < -0.3 is 10.4 Å². The van der Waals surface area contributed by atoms with Crippen LogP contribution >= 0.6 is 22.7 Å². The van der Waals surface area contributed by atoms with Gasteiger partial charge in [-0.2, -0.15) is 11.3 Å². The van der Waals surface area contributed by atoms with Crippen LogP contribution < -0.4 is 5.32 Å². The van der Waals surface area contributed by atoms with Crippen LogP contribution in [0.25, 0.3) is 0 Å². The Kier molecular flexibility index (Phi) is 4.96. The molecule has 0 saturated carbocycles. The number of hydrogen-bond donors (Lipinski definition) is 2. The number of rotatable bonds is 6. The van der Waals surface area contributed by atoms with Crippen LogP contribution in [0.4, 0.5) is 0 Å². The van der Waals surface area contributed by atoms with Gasteiger partial charge in [0.1, 0.15) is 5.60 Å². The van der Waals surface area contributed by atoms with Crippen molar-refractivity contribution in [3.05, 3.63) is 44.8 Å². The predicted octanol–water partition coefficient (Wildman–Crippen LogP) is 3.21. The van der Waals surface area contributed by atoms with E-state index in [0.717, 1.165) is 10.4 Å². The molecule has 2 rings (SSSR count). The zero-order valence-electron chi connectivity index (χ0n) is 11.6. The minimum atomic E-state index is -1.14. The summed E-state index contributed by atoms with van der Waals surface area (Å²) in [7, 11) is 0. The van der Waals surface area contributed by atoms with E-state index < -0.39 is 5.60 Å². The molecule has 3 nitrogen and oxygen atoms in total. The molecule has 0 aromatic carbocycles. The zero-order valence-corrected chi connectivity index (χ0v) is 13.3. The Balaban J connectivity index is 2.15. The van der Waals surface area contributed by atoms with E-state index in [1.54, 1.807) is 11.3 Å². The van der Waals surface area contributed by atoms with E-state index in [9.17, 15) is 9.90 Å². The molecule has 0 aliphatic heterocycles. The van der Waals surface area contributed by atoms with Gasteiger partial charge in [0.05, 0.1) is 6.54 Å². The van der Waals surface area contributed by atoms with Gasteiger partial charge in [0.25, 0.3) is 0 Å². The third-order valence-electron chi connectivity index (χ3n) is 3.06. The first-order valence-corrected chi connectivity index (χ1v) is 8.40. The van der Waals surface area contributed by atoms with E-state index in [4.69, 9.17) is 0 Å². The van der Waals surface area contributed by atoms with Crippen LogP contribution in [0.15, 0.2) is 34.3 Å². The highest BCUT2D eigenvalue weighted by Crippen LogP contribution is 2.33. The lowest BCUT2D eigenvalue weighted by atomic mass is 9.94. The second kappa shape index (κ2) is 6.52. The summed E-state index contributed by atoms with van der Waals surface area (Å²) < 4.78 is 0. The molecule has 0 radical (unpaired) electrons. The van der Waals surface area contributed by atoms with Gasteiger partial charge in [0.15, 0.2) is 0 Å². The third-order valence-corrected chi connectivity index (χ3v) is 4.77. The lowest BCUT2D eigenvalue weighted by Gasteiger charge is -2.27. The van der Waals surface area contributed by atoms with Gasteiger partial charge in [0, 0.05) is 16.9 Å². The maximum absolute atomic E-state index is 11.8. The molecule has 5 heteroatoms. The number of thiophene rings is 2. The molecule has 2 N–H and O–H groups in total. The van der Waals surface area contributed by atoms with E-state index in [1.165, 1.54) is 11.3 Å². The molecule has 0 spiro atoms. The monoisotopic (exact) mass is 309 g/mol. The third kappa shape index (κ3) is 3.48. The van der Waals surface area contributed by atoms with Crippen LogP contribution in [0.1, 0.15) is 30.7 Å². The van der Waals surface area contributed by atoms with Crippen molar-refractivity contribution < 1.29 is 9.90 Å². The van der Waals surface area contributed by atoms with E-state index >= 15 is 0 Å². The van der Waals surface area contributed by atoms with Crippen molar-refractivity contribution in [1.29, 1.82) is 0 Å². The maximum atomic E-state index is 11.8. The van der Waals surface area contributed by atoms with Gasteiger partial charge in [-0.1, -0.05) is 19.9 Å². The largest absolute Gasteiger partial charge is 0.378 e. The molecule has 108 valence electrons. The summed E-state index contributed by atoms with van der Waals surface area (Å²) in [4.78, 5) is 12.7. The first-order chi connectivity index (χ1) is 9.52. The van der Waals surface area contributed by atoms with E-state index in [2.05, 4.69) is 5.32 Å². The standard InChI is InChI=1S/C15H19NO2S2/c1-11(2)8-14(17)16-10-15(18,12-5-7-19-9-12)13-4-3-6-20-13/h3-7,9,11,18H,8,10H2,1-2H3,(H,16,17). The molecule has 2 aromatic rings. The quantitative estimate of drug-likeness (QED) is 0.861. The molecule has 0 aliphatic carbocycles. The Labute approximate surface area is 127 Å². The van der Waals surface area contributed by atoms with Gasteiger partial charge in [0.2, 0.25) is 5.91 Å². The van der Waals surface area contributed by atoms with Crippen LogP contribution in [0.3, 0.4) is 0 Å². The second-order valence-corrected chi connectivity index (χ2v) is 6.95. The van der Waals surface area contributed by atoms with Crippen molar-refractivity contribution >= 4 is 28.6 Å². The average Bonchev–Trinajstić information content (AvgIpc) is 3.07. The van der Waals surface area contributed by atoms with Gasteiger partial charge in [-0.05, 0) is 34.2 Å². The SMILES string of the molecule is CC(C)CC(=O)NCC(O)(c1ccsc1)c1cccs1.